The number of carbonyl (C=O) groups excluding carboxylic acids is 1. The van der Waals surface area contributed by atoms with E-state index in [0.29, 0.717) is 19.0 Å². The maximum atomic E-state index is 13.5. The molecule has 100 valence electrons. The van der Waals surface area contributed by atoms with Gasteiger partial charge < -0.3 is 5.32 Å². The third-order valence-electron chi connectivity index (χ3n) is 2.36. The fourth-order valence-corrected chi connectivity index (χ4v) is 1.40. The Kier molecular flexibility index (Phi) is 4.69. The van der Waals surface area contributed by atoms with E-state index < -0.39 is 29.0 Å². The summed E-state index contributed by atoms with van der Waals surface area (Å²) in [6.07, 6.45) is -3.29. The summed E-state index contributed by atoms with van der Waals surface area (Å²) in [4.78, 5) is 11.5. The van der Waals surface area contributed by atoms with E-state index in [1.807, 2.05) is 6.92 Å². The summed E-state index contributed by atoms with van der Waals surface area (Å²) < 4.78 is 50.8. The highest BCUT2D eigenvalue weighted by atomic mass is 19.4. The molecule has 0 saturated carbocycles. The van der Waals surface area contributed by atoms with Crippen molar-refractivity contribution < 1.29 is 22.4 Å². The molecule has 0 bridgehead atoms. The first kappa shape index (κ1) is 14.5. The lowest BCUT2D eigenvalue weighted by Crippen LogP contribution is -2.26. The van der Waals surface area contributed by atoms with E-state index >= 15 is 0 Å². The Hall–Kier alpha value is -1.59. The highest BCUT2D eigenvalue weighted by Gasteiger charge is 2.35. The monoisotopic (exact) mass is 263 g/mol. The molecule has 1 amide bonds. The maximum absolute atomic E-state index is 13.5. The van der Waals surface area contributed by atoms with Gasteiger partial charge in [-0.1, -0.05) is 19.4 Å². The Bertz CT molecular complexity index is 429. The van der Waals surface area contributed by atoms with E-state index in [0.717, 1.165) is 18.6 Å². The lowest BCUT2D eigenvalue weighted by Gasteiger charge is -2.11. The van der Waals surface area contributed by atoms with Gasteiger partial charge in [0.2, 0.25) is 0 Å². The van der Waals surface area contributed by atoms with Gasteiger partial charge in [-0.3, -0.25) is 4.79 Å². The zero-order valence-corrected chi connectivity index (χ0v) is 9.77. The number of hydrogen-bond acceptors (Lipinski definition) is 1. The molecule has 0 saturated heterocycles. The van der Waals surface area contributed by atoms with Crippen molar-refractivity contribution >= 4 is 5.91 Å². The Morgan fingerprint density at radius 3 is 2.56 bits per heavy atom. The van der Waals surface area contributed by atoms with Gasteiger partial charge in [0.25, 0.3) is 5.91 Å². The molecule has 18 heavy (non-hydrogen) atoms. The van der Waals surface area contributed by atoms with Crippen molar-refractivity contribution in [3.05, 3.63) is 35.1 Å². The molecule has 2 nitrogen and oxygen atoms in total. The van der Waals surface area contributed by atoms with Crippen LogP contribution in [0.15, 0.2) is 18.2 Å². The van der Waals surface area contributed by atoms with Crippen molar-refractivity contribution in [2.24, 2.45) is 0 Å². The number of unbranched alkanes of at least 4 members (excludes halogenated alkanes) is 1. The third-order valence-corrected chi connectivity index (χ3v) is 2.36. The van der Waals surface area contributed by atoms with Crippen LogP contribution in [-0.4, -0.2) is 12.5 Å². The lowest BCUT2D eigenvalue weighted by atomic mass is 10.1. The number of nitrogens with one attached hydrogen (secondary N) is 1. The van der Waals surface area contributed by atoms with E-state index in [1.54, 1.807) is 0 Å². The Balaban J connectivity index is 2.93. The van der Waals surface area contributed by atoms with Crippen LogP contribution in [0.4, 0.5) is 17.6 Å². The predicted molar refractivity (Wildman–Crippen MR) is 58.6 cm³/mol. The van der Waals surface area contributed by atoms with Crippen LogP contribution in [-0.2, 0) is 6.18 Å². The average molecular weight is 263 g/mol. The van der Waals surface area contributed by atoms with Crippen LogP contribution >= 0.6 is 0 Å². The SMILES string of the molecule is CCCCNC(=O)c1cccc(C(F)(F)F)c1F. The largest absolute Gasteiger partial charge is 0.419 e. The molecule has 1 N–H and O–H groups in total. The minimum absolute atomic E-state index is 0.311. The second kappa shape index (κ2) is 5.84. The number of alkyl halides is 3. The van der Waals surface area contributed by atoms with E-state index in [4.69, 9.17) is 0 Å². The van der Waals surface area contributed by atoms with Crippen LogP contribution in [0, 0.1) is 5.82 Å². The van der Waals surface area contributed by atoms with Gasteiger partial charge in [-0.15, -0.1) is 0 Å². The van der Waals surface area contributed by atoms with Crippen molar-refractivity contribution in [3.8, 4) is 0 Å². The van der Waals surface area contributed by atoms with Crippen molar-refractivity contribution in [3.63, 3.8) is 0 Å². The Morgan fingerprint density at radius 1 is 1.33 bits per heavy atom. The summed E-state index contributed by atoms with van der Waals surface area (Å²) in [5.41, 5.74) is -2.01. The van der Waals surface area contributed by atoms with Crippen LogP contribution in [0.5, 0.6) is 0 Å². The first-order valence-corrected chi connectivity index (χ1v) is 5.51. The van der Waals surface area contributed by atoms with Crippen LogP contribution in [0.3, 0.4) is 0 Å². The molecular weight excluding hydrogens is 250 g/mol. The highest BCUT2D eigenvalue weighted by Crippen LogP contribution is 2.32. The van der Waals surface area contributed by atoms with Crippen molar-refractivity contribution in [1.82, 2.24) is 5.32 Å². The fourth-order valence-electron chi connectivity index (χ4n) is 1.40. The number of carbonyl (C=O) groups is 1. The summed E-state index contributed by atoms with van der Waals surface area (Å²) in [6, 6.07) is 2.66. The molecule has 0 aliphatic rings. The van der Waals surface area contributed by atoms with Crippen molar-refractivity contribution in [2.75, 3.05) is 6.54 Å². The van der Waals surface area contributed by atoms with Gasteiger partial charge in [-0.25, -0.2) is 4.39 Å². The van der Waals surface area contributed by atoms with Gasteiger partial charge >= 0.3 is 6.18 Å². The fraction of sp³-hybridized carbons (Fsp3) is 0.417. The van der Waals surface area contributed by atoms with Crippen LogP contribution in [0.1, 0.15) is 35.7 Å². The highest BCUT2D eigenvalue weighted by molar-refractivity contribution is 5.94. The van der Waals surface area contributed by atoms with E-state index in [2.05, 4.69) is 5.32 Å². The minimum atomic E-state index is -4.80. The molecular formula is C12H13F4NO. The quantitative estimate of drug-likeness (QED) is 0.655. The van der Waals surface area contributed by atoms with Gasteiger partial charge in [-0.05, 0) is 18.6 Å². The molecule has 0 aliphatic heterocycles. The number of hydrogen-bond donors (Lipinski definition) is 1. The van der Waals surface area contributed by atoms with Gasteiger partial charge in [-0.2, -0.15) is 13.2 Å². The molecule has 0 fully saturated rings. The summed E-state index contributed by atoms with van der Waals surface area (Å²) in [7, 11) is 0. The Morgan fingerprint density at radius 2 is 2.00 bits per heavy atom. The molecule has 0 spiro atoms. The van der Waals surface area contributed by atoms with Crippen molar-refractivity contribution in [1.29, 1.82) is 0 Å². The van der Waals surface area contributed by atoms with Crippen LogP contribution in [0.25, 0.3) is 0 Å². The molecule has 1 rings (SSSR count). The first-order chi connectivity index (χ1) is 8.38. The van der Waals surface area contributed by atoms with E-state index in [1.165, 1.54) is 0 Å². The second-order valence-electron chi connectivity index (χ2n) is 3.77. The van der Waals surface area contributed by atoms with E-state index in [9.17, 15) is 22.4 Å². The van der Waals surface area contributed by atoms with Gasteiger partial charge in [0, 0.05) is 6.54 Å². The van der Waals surface area contributed by atoms with E-state index in [-0.39, 0.29) is 0 Å². The topological polar surface area (TPSA) is 29.1 Å². The molecule has 1 aromatic rings. The summed E-state index contributed by atoms with van der Waals surface area (Å²) in [5, 5.41) is 2.37. The molecule has 0 unspecified atom stereocenters. The zero-order chi connectivity index (χ0) is 13.8. The minimum Gasteiger partial charge on any atom is -0.352 e. The number of halogens is 4. The average Bonchev–Trinajstić information content (AvgIpc) is 2.28. The third kappa shape index (κ3) is 3.45. The first-order valence-electron chi connectivity index (χ1n) is 5.51. The second-order valence-corrected chi connectivity index (χ2v) is 3.77. The smallest absolute Gasteiger partial charge is 0.352 e. The number of amides is 1. The number of benzene rings is 1. The molecule has 0 radical (unpaired) electrons. The van der Waals surface area contributed by atoms with Crippen LogP contribution in [0.2, 0.25) is 0 Å². The molecule has 0 heterocycles. The molecule has 0 aliphatic carbocycles. The predicted octanol–water partition coefficient (Wildman–Crippen LogP) is 3.37. The normalized spacial score (nSPS) is 11.4. The molecule has 0 aromatic heterocycles. The summed E-state index contributed by atoms with van der Waals surface area (Å²) in [5.74, 6) is -2.36. The van der Waals surface area contributed by atoms with Gasteiger partial charge in [0.05, 0.1) is 11.1 Å². The molecule has 1 aromatic carbocycles. The number of rotatable bonds is 4. The Labute approximate surface area is 102 Å². The van der Waals surface area contributed by atoms with Crippen molar-refractivity contribution in [2.45, 2.75) is 25.9 Å². The van der Waals surface area contributed by atoms with Gasteiger partial charge in [0.1, 0.15) is 5.82 Å². The summed E-state index contributed by atoms with van der Waals surface area (Å²) >= 11 is 0. The zero-order valence-electron chi connectivity index (χ0n) is 9.77. The van der Waals surface area contributed by atoms with Gasteiger partial charge in [0.15, 0.2) is 0 Å². The molecule has 6 heteroatoms. The standard InChI is InChI=1S/C12H13F4NO/c1-2-3-7-17-11(18)8-5-4-6-9(10(8)13)12(14,15)16/h4-6H,2-3,7H2,1H3,(H,17,18). The molecule has 0 atom stereocenters. The maximum Gasteiger partial charge on any atom is 0.419 e. The summed E-state index contributed by atoms with van der Waals surface area (Å²) in [6.45, 7) is 2.21. The van der Waals surface area contributed by atoms with Crippen LogP contribution < -0.4 is 5.32 Å². The lowest BCUT2D eigenvalue weighted by molar-refractivity contribution is -0.140.